The Morgan fingerprint density at radius 2 is 1.82 bits per heavy atom. The largest absolute Gasteiger partial charge is 0.489 e. The van der Waals surface area contributed by atoms with E-state index in [1.807, 2.05) is 0 Å². The Kier molecular flexibility index (Phi) is 4.95. The van der Waals surface area contributed by atoms with Crippen molar-refractivity contribution in [2.24, 2.45) is 0 Å². The maximum Gasteiger partial charge on any atom is 0.242 e. The van der Waals surface area contributed by atoms with Crippen molar-refractivity contribution >= 4 is 16.3 Å². The smallest absolute Gasteiger partial charge is 0.242 e. The van der Waals surface area contributed by atoms with Gasteiger partial charge in [0.1, 0.15) is 18.6 Å². The van der Waals surface area contributed by atoms with Crippen molar-refractivity contribution in [2.75, 3.05) is 14.1 Å². The van der Waals surface area contributed by atoms with E-state index < -0.39 is 10.0 Å². The first-order chi connectivity index (χ1) is 10.4. The molecular formula is C16H17NO4S. The fourth-order valence-electron chi connectivity index (χ4n) is 1.85. The summed E-state index contributed by atoms with van der Waals surface area (Å²) in [6, 6.07) is 13.4. The average Bonchev–Trinajstić information content (AvgIpc) is 2.53. The highest BCUT2D eigenvalue weighted by Crippen LogP contribution is 2.18. The van der Waals surface area contributed by atoms with Crippen LogP contribution in [0.25, 0.3) is 0 Å². The summed E-state index contributed by atoms with van der Waals surface area (Å²) >= 11 is 0. The van der Waals surface area contributed by atoms with E-state index in [-0.39, 0.29) is 11.5 Å². The van der Waals surface area contributed by atoms with Crippen molar-refractivity contribution in [3.8, 4) is 5.75 Å². The number of nitrogens with zero attached hydrogens (tertiary/aromatic N) is 1. The van der Waals surface area contributed by atoms with Crippen LogP contribution in [0.4, 0.5) is 0 Å². The minimum atomic E-state index is -3.46. The van der Waals surface area contributed by atoms with Crippen molar-refractivity contribution in [1.82, 2.24) is 4.31 Å². The van der Waals surface area contributed by atoms with Gasteiger partial charge in [-0.2, -0.15) is 0 Å². The molecule has 0 aromatic heterocycles. The van der Waals surface area contributed by atoms with Crippen LogP contribution in [0.15, 0.2) is 53.4 Å². The van der Waals surface area contributed by atoms with E-state index in [1.54, 1.807) is 48.5 Å². The minimum absolute atomic E-state index is 0.221. The van der Waals surface area contributed by atoms with Crippen molar-refractivity contribution in [3.05, 3.63) is 59.7 Å². The van der Waals surface area contributed by atoms with Gasteiger partial charge in [0.05, 0.1) is 4.90 Å². The molecule has 0 spiro atoms. The molecule has 0 aliphatic rings. The van der Waals surface area contributed by atoms with Crippen LogP contribution in [0, 0.1) is 0 Å². The average molecular weight is 319 g/mol. The number of carbonyl (C=O) groups is 1. The van der Waals surface area contributed by atoms with Gasteiger partial charge in [-0.15, -0.1) is 0 Å². The van der Waals surface area contributed by atoms with Gasteiger partial charge in [0, 0.05) is 19.7 Å². The molecule has 0 N–H and O–H groups in total. The second-order valence-corrected chi connectivity index (χ2v) is 7.07. The summed E-state index contributed by atoms with van der Waals surface area (Å²) in [6.45, 7) is 0.221. The lowest BCUT2D eigenvalue weighted by Crippen LogP contribution is -2.22. The lowest BCUT2D eigenvalue weighted by molar-refractivity contribution is 0.112. The number of rotatable bonds is 6. The molecule has 0 aliphatic carbocycles. The summed E-state index contributed by atoms with van der Waals surface area (Å²) in [5.74, 6) is 0.561. The fraction of sp³-hybridized carbons (Fsp3) is 0.188. The Balaban J connectivity index is 2.16. The van der Waals surface area contributed by atoms with Gasteiger partial charge in [-0.25, -0.2) is 12.7 Å². The Labute approximate surface area is 130 Å². The molecule has 0 aliphatic heterocycles. The molecule has 0 radical (unpaired) electrons. The summed E-state index contributed by atoms with van der Waals surface area (Å²) in [4.78, 5) is 10.9. The summed E-state index contributed by atoms with van der Waals surface area (Å²) in [6.07, 6.45) is 0.747. The first-order valence-corrected chi connectivity index (χ1v) is 8.07. The molecule has 0 bridgehead atoms. The normalized spacial score (nSPS) is 11.4. The lowest BCUT2D eigenvalue weighted by Gasteiger charge is -2.12. The van der Waals surface area contributed by atoms with E-state index in [1.165, 1.54) is 18.4 Å². The second-order valence-electron chi connectivity index (χ2n) is 4.91. The van der Waals surface area contributed by atoms with E-state index in [0.29, 0.717) is 11.3 Å². The van der Waals surface area contributed by atoms with Crippen LogP contribution in [0.3, 0.4) is 0 Å². The standard InChI is InChI=1S/C16H17NO4S/c1-17(2)22(19,20)16-8-4-6-14(10-16)12-21-15-7-3-5-13(9-15)11-18/h3-11H,12H2,1-2H3. The van der Waals surface area contributed by atoms with Crippen LogP contribution in [-0.4, -0.2) is 33.1 Å². The number of hydrogen-bond donors (Lipinski definition) is 0. The molecule has 2 aromatic rings. The number of benzene rings is 2. The minimum Gasteiger partial charge on any atom is -0.489 e. The number of aldehydes is 1. The molecule has 2 rings (SSSR count). The summed E-state index contributed by atoms with van der Waals surface area (Å²) in [7, 11) is -0.483. The summed E-state index contributed by atoms with van der Waals surface area (Å²) < 4.78 is 30.9. The quantitative estimate of drug-likeness (QED) is 0.767. The lowest BCUT2D eigenvalue weighted by atomic mass is 10.2. The molecule has 0 unspecified atom stereocenters. The topological polar surface area (TPSA) is 63.7 Å². The molecule has 0 fully saturated rings. The van der Waals surface area contributed by atoms with E-state index in [9.17, 15) is 13.2 Å². The van der Waals surface area contributed by atoms with Crippen molar-refractivity contribution in [2.45, 2.75) is 11.5 Å². The zero-order valence-corrected chi connectivity index (χ0v) is 13.2. The van der Waals surface area contributed by atoms with Crippen LogP contribution in [-0.2, 0) is 16.6 Å². The van der Waals surface area contributed by atoms with Crippen LogP contribution in [0.1, 0.15) is 15.9 Å². The van der Waals surface area contributed by atoms with Gasteiger partial charge < -0.3 is 4.74 Å². The Hall–Kier alpha value is -2.18. The predicted molar refractivity (Wildman–Crippen MR) is 83.5 cm³/mol. The van der Waals surface area contributed by atoms with Crippen LogP contribution in [0.2, 0.25) is 0 Å². The van der Waals surface area contributed by atoms with E-state index >= 15 is 0 Å². The van der Waals surface area contributed by atoms with E-state index in [2.05, 4.69) is 0 Å². The Morgan fingerprint density at radius 1 is 1.09 bits per heavy atom. The SMILES string of the molecule is CN(C)S(=O)(=O)c1cccc(COc2cccc(C=O)c2)c1. The molecule has 0 amide bonds. The predicted octanol–water partition coefficient (Wildman–Crippen LogP) is 2.33. The van der Waals surface area contributed by atoms with Gasteiger partial charge in [0.2, 0.25) is 10.0 Å². The van der Waals surface area contributed by atoms with Gasteiger partial charge >= 0.3 is 0 Å². The molecule has 0 saturated heterocycles. The third-order valence-corrected chi connectivity index (χ3v) is 4.89. The second kappa shape index (κ2) is 6.72. The number of hydrogen-bond acceptors (Lipinski definition) is 4. The Bertz CT molecular complexity index is 769. The number of carbonyl (C=O) groups excluding carboxylic acids is 1. The summed E-state index contributed by atoms with van der Waals surface area (Å²) in [5.41, 5.74) is 1.26. The highest BCUT2D eigenvalue weighted by molar-refractivity contribution is 7.89. The van der Waals surface area contributed by atoms with Crippen molar-refractivity contribution < 1.29 is 17.9 Å². The van der Waals surface area contributed by atoms with Crippen LogP contribution >= 0.6 is 0 Å². The van der Waals surface area contributed by atoms with Crippen LogP contribution < -0.4 is 4.74 Å². The van der Waals surface area contributed by atoms with Gasteiger partial charge in [-0.1, -0.05) is 24.3 Å². The maximum absolute atomic E-state index is 12.1. The monoisotopic (exact) mass is 319 g/mol. The highest BCUT2D eigenvalue weighted by atomic mass is 32.2. The molecule has 5 nitrogen and oxygen atoms in total. The van der Waals surface area contributed by atoms with E-state index in [4.69, 9.17) is 4.74 Å². The molecular weight excluding hydrogens is 302 g/mol. The zero-order chi connectivity index (χ0) is 16.2. The number of sulfonamides is 1. The Morgan fingerprint density at radius 3 is 2.50 bits per heavy atom. The third kappa shape index (κ3) is 3.72. The molecule has 0 atom stereocenters. The summed E-state index contributed by atoms with van der Waals surface area (Å²) in [5, 5.41) is 0. The zero-order valence-electron chi connectivity index (χ0n) is 12.4. The molecule has 0 heterocycles. The highest BCUT2D eigenvalue weighted by Gasteiger charge is 2.17. The van der Waals surface area contributed by atoms with Gasteiger partial charge in [-0.3, -0.25) is 4.79 Å². The maximum atomic E-state index is 12.1. The van der Waals surface area contributed by atoms with Crippen molar-refractivity contribution in [1.29, 1.82) is 0 Å². The fourth-order valence-corrected chi connectivity index (χ4v) is 2.82. The third-order valence-electron chi connectivity index (χ3n) is 3.08. The van der Waals surface area contributed by atoms with Gasteiger partial charge in [0.25, 0.3) is 0 Å². The molecule has 22 heavy (non-hydrogen) atoms. The first kappa shape index (κ1) is 16.2. The van der Waals surface area contributed by atoms with Crippen LogP contribution in [0.5, 0.6) is 5.75 Å². The first-order valence-electron chi connectivity index (χ1n) is 6.63. The molecule has 2 aromatic carbocycles. The molecule has 116 valence electrons. The van der Waals surface area contributed by atoms with Crippen molar-refractivity contribution in [3.63, 3.8) is 0 Å². The number of ether oxygens (including phenoxy) is 1. The molecule has 6 heteroatoms. The van der Waals surface area contributed by atoms with E-state index in [0.717, 1.165) is 11.8 Å². The van der Waals surface area contributed by atoms with Gasteiger partial charge in [0.15, 0.2) is 0 Å². The molecule has 0 saturated carbocycles. The van der Waals surface area contributed by atoms with Gasteiger partial charge in [-0.05, 0) is 29.8 Å².